The SMILES string of the molecule is Oc1cccc2[nH]cc(CCN(CCC(F)F)CCC(F)F)c12. The van der Waals surface area contributed by atoms with E-state index in [0.29, 0.717) is 18.4 Å². The molecule has 0 aliphatic rings. The normalized spacial score (nSPS) is 12.1. The predicted molar refractivity (Wildman–Crippen MR) is 81.3 cm³/mol. The highest BCUT2D eigenvalue weighted by Gasteiger charge is 2.14. The topological polar surface area (TPSA) is 39.3 Å². The number of aromatic amines is 1. The van der Waals surface area contributed by atoms with Gasteiger partial charge in [0.25, 0.3) is 0 Å². The van der Waals surface area contributed by atoms with Gasteiger partial charge in [0.1, 0.15) is 5.75 Å². The fourth-order valence-electron chi connectivity index (χ4n) is 2.61. The number of benzene rings is 1. The highest BCUT2D eigenvalue weighted by Crippen LogP contribution is 2.28. The van der Waals surface area contributed by atoms with Crippen molar-refractivity contribution in [3.05, 3.63) is 30.0 Å². The number of nitrogens with zero attached hydrogens (tertiary/aromatic N) is 1. The van der Waals surface area contributed by atoms with E-state index < -0.39 is 12.9 Å². The second kappa shape index (κ2) is 8.19. The van der Waals surface area contributed by atoms with Crippen molar-refractivity contribution in [2.75, 3.05) is 19.6 Å². The van der Waals surface area contributed by atoms with Crippen molar-refractivity contribution in [1.29, 1.82) is 0 Å². The molecule has 2 rings (SSSR count). The standard InChI is InChI=1S/C16H20F4N2O/c17-14(18)5-8-22(9-6-15(19)20)7-4-11-10-21-12-2-1-3-13(23)16(11)12/h1-3,10,14-15,21,23H,4-9H2. The first-order valence-corrected chi connectivity index (χ1v) is 7.54. The molecule has 0 bridgehead atoms. The van der Waals surface area contributed by atoms with Crippen LogP contribution < -0.4 is 0 Å². The molecule has 1 heterocycles. The Bertz CT molecular complexity index is 603. The summed E-state index contributed by atoms with van der Waals surface area (Å²) in [5, 5.41) is 10.6. The first-order chi connectivity index (χ1) is 11.0. The molecule has 0 fully saturated rings. The molecule has 0 aliphatic heterocycles. The molecular formula is C16H20F4N2O. The van der Waals surface area contributed by atoms with Crippen LogP contribution in [0.1, 0.15) is 18.4 Å². The number of rotatable bonds is 9. The number of phenols is 1. The van der Waals surface area contributed by atoms with Crippen LogP contribution in [0.3, 0.4) is 0 Å². The Morgan fingerprint density at radius 2 is 1.65 bits per heavy atom. The summed E-state index contributed by atoms with van der Waals surface area (Å²) in [4.78, 5) is 4.66. The van der Waals surface area contributed by atoms with Gasteiger partial charge >= 0.3 is 0 Å². The first kappa shape index (κ1) is 17.6. The van der Waals surface area contributed by atoms with Gasteiger partial charge in [-0.1, -0.05) is 6.07 Å². The van der Waals surface area contributed by atoms with E-state index in [4.69, 9.17) is 0 Å². The number of hydrogen-bond acceptors (Lipinski definition) is 2. The van der Waals surface area contributed by atoms with Crippen molar-refractivity contribution in [2.45, 2.75) is 32.1 Å². The Morgan fingerprint density at radius 3 is 2.26 bits per heavy atom. The number of halogens is 4. The van der Waals surface area contributed by atoms with Gasteiger partial charge in [0.05, 0.1) is 0 Å². The van der Waals surface area contributed by atoms with E-state index in [-0.39, 0.29) is 31.7 Å². The summed E-state index contributed by atoms with van der Waals surface area (Å²) in [6, 6.07) is 5.12. The lowest BCUT2D eigenvalue weighted by molar-refractivity contribution is 0.0954. The number of H-pyrrole nitrogens is 1. The molecule has 1 aromatic carbocycles. The lowest BCUT2D eigenvalue weighted by Gasteiger charge is -2.22. The van der Waals surface area contributed by atoms with Gasteiger partial charge in [-0.05, 0) is 24.1 Å². The van der Waals surface area contributed by atoms with E-state index >= 15 is 0 Å². The maximum absolute atomic E-state index is 12.4. The zero-order valence-electron chi connectivity index (χ0n) is 12.6. The summed E-state index contributed by atoms with van der Waals surface area (Å²) < 4.78 is 49.4. The zero-order valence-corrected chi connectivity index (χ0v) is 12.6. The molecule has 0 aliphatic carbocycles. The average molecular weight is 332 g/mol. The number of nitrogens with one attached hydrogen (secondary N) is 1. The summed E-state index contributed by atoms with van der Waals surface area (Å²) in [6.45, 7) is 0.554. The summed E-state index contributed by atoms with van der Waals surface area (Å²) in [5.74, 6) is 0.144. The second-order valence-electron chi connectivity index (χ2n) is 5.46. The fourth-order valence-corrected chi connectivity index (χ4v) is 2.61. The van der Waals surface area contributed by atoms with Crippen molar-refractivity contribution in [3.63, 3.8) is 0 Å². The van der Waals surface area contributed by atoms with Crippen LogP contribution in [0.5, 0.6) is 5.75 Å². The Labute approximate surface area is 131 Å². The van der Waals surface area contributed by atoms with Gasteiger partial charge in [0.2, 0.25) is 12.9 Å². The van der Waals surface area contributed by atoms with Crippen molar-refractivity contribution < 1.29 is 22.7 Å². The quantitative estimate of drug-likeness (QED) is 0.681. The van der Waals surface area contributed by atoms with Crippen LogP contribution in [-0.2, 0) is 6.42 Å². The average Bonchev–Trinajstić information content (AvgIpc) is 2.90. The van der Waals surface area contributed by atoms with Crippen LogP contribution in [0.4, 0.5) is 17.6 Å². The van der Waals surface area contributed by atoms with Crippen LogP contribution in [0.25, 0.3) is 10.9 Å². The third-order valence-electron chi connectivity index (χ3n) is 3.79. The van der Waals surface area contributed by atoms with Gasteiger partial charge in [-0.15, -0.1) is 0 Å². The third-order valence-corrected chi connectivity index (χ3v) is 3.79. The maximum atomic E-state index is 12.4. The van der Waals surface area contributed by atoms with E-state index in [9.17, 15) is 22.7 Å². The molecule has 0 spiro atoms. The van der Waals surface area contributed by atoms with Gasteiger partial charge < -0.3 is 15.0 Å². The molecule has 0 unspecified atom stereocenters. The molecule has 2 N–H and O–H groups in total. The van der Waals surface area contributed by atoms with Crippen LogP contribution >= 0.6 is 0 Å². The lowest BCUT2D eigenvalue weighted by atomic mass is 10.1. The molecule has 2 aromatic rings. The van der Waals surface area contributed by atoms with E-state index in [0.717, 1.165) is 11.1 Å². The first-order valence-electron chi connectivity index (χ1n) is 7.54. The largest absolute Gasteiger partial charge is 0.507 e. The number of fused-ring (bicyclic) bond motifs is 1. The number of aromatic nitrogens is 1. The Morgan fingerprint density at radius 1 is 1.00 bits per heavy atom. The number of alkyl halides is 4. The zero-order chi connectivity index (χ0) is 16.8. The summed E-state index contributed by atoms with van der Waals surface area (Å²) in [6.07, 6.45) is -3.31. The van der Waals surface area contributed by atoms with E-state index in [1.165, 1.54) is 0 Å². The van der Waals surface area contributed by atoms with Gasteiger partial charge in [-0.25, -0.2) is 17.6 Å². The van der Waals surface area contributed by atoms with Gasteiger partial charge in [-0.2, -0.15) is 0 Å². The van der Waals surface area contributed by atoms with Crippen LogP contribution in [0.2, 0.25) is 0 Å². The molecule has 128 valence electrons. The van der Waals surface area contributed by atoms with Crippen LogP contribution in [0, 0.1) is 0 Å². The third kappa shape index (κ3) is 5.13. The van der Waals surface area contributed by atoms with E-state index in [1.807, 2.05) is 6.07 Å². The van der Waals surface area contributed by atoms with Crippen LogP contribution in [0.15, 0.2) is 24.4 Å². The Balaban J connectivity index is 2.00. The molecule has 0 amide bonds. The van der Waals surface area contributed by atoms with Crippen LogP contribution in [-0.4, -0.2) is 47.5 Å². The second-order valence-corrected chi connectivity index (χ2v) is 5.46. The fraction of sp³-hybridized carbons (Fsp3) is 0.500. The molecule has 0 saturated carbocycles. The minimum Gasteiger partial charge on any atom is -0.507 e. The van der Waals surface area contributed by atoms with Gasteiger partial charge in [-0.3, -0.25) is 0 Å². The molecule has 23 heavy (non-hydrogen) atoms. The molecule has 1 aromatic heterocycles. The van der Waals surface area contributed by atoms with Crippen molar-refractivity contribution in [3.8, 4) is 5.75 Å². The molecule has 7 heteroatoms. The summed E-state index contributed by atoms with van der Waals surface area (Å²) in [7, 11) is 0. The van der Waals surface area contributed by atoms with Gasteiger partial charge in [0, 0.05) is 49.6 Å². The predicted octanol–water partition coefficient (Wildman–Crippen LogP) is 4.03. The molecule has 0 saturated heterocycles. The number of aromatic hydroxyl groups is 1. The minimum absolute atomic E-state index is 0.0821. The van der Waals surface area contributed by atoms with Gasteiger partial charge in [0.15, 0.2) is 0 Å². The monoisotopic (exact) mass is 332 g/mol. The highest BCUT2D eigenvalue weighted by molar-refractivity contribution is 5.88. The Hall–Kier alpha value is -1.76. The van der Waals surface area contributed by atoms with E-state index in [2.05, 4.69) is 4.98 Å². The number of phenolic OH excluding ortho intramolecular Hbond substituents is 1. The smallest absolute Gasteiger partial charge is 0.239 e. The van der Waals surface area contributed by atoms with E-state index in [1.54, 1.807) is 23.2 Å². The summed E-state index contributed by atoms with van der Waals surface area (Å²) >= 11 is 0. The minimum atomic E-state index is -2.44. The van der Waals surface area contributed by atoms with Crippen molar-refractivity contribution in [2.24, 2.45) is 0 Å². The van der Waals surface area contributed by atoms with Crippen molar-refractivity contribution >= 4 is 10.9 Å². The number of hydrogen-bond donors (Lipinski definition) is 2. The molecule has 0 atom stereocenters. The van der Waals surface area contributed by atoms with Crippen molar-refractivity contribution in [1.82, 2.24) is 9.88 Å². The highest BCUT2D eigenvalue weighted by atomic mass is 19.3. The lowest BCUT2D eigenvalue weighted by Crippen LogP contribution is -2.30. The molecule has 0 radical (unpaired) electrons. The Kier molecular flexibility index (Phi) is 6.27. The molecule has 3 nitrogen and oxygen atoms in total. The molecular weight excluding hydrogens is 312 g/mol. The summed E-state index contributed by atoms with van der Waals surface area (Å²) in [5.41, 5.74) is 1.63. The maximum Gasteiger partial charge on any atom is 0.239 e.